The van der Waals surface area contributed by atoms with Crippen LogP contribution in [0.4, 0.5) is 0 Å². The maximum atomic E-state index is 14.8. The third-order valence-corrected chi connectivity index (χ3v) is 15.9. The van der Waals surface area contributed by atoms with Gasteiger partial charge >= 0.3 is 0 Å². The smallest absolute Gasteiger partial charge is 0.187 e. The monoisotopic (exact) mass is 828 g/mol. The summed E-state index contributed by atoms with van der Waals surface area (Å²) in [5.74, 6) is -1.80. The Morgan fingerprint density at radius 2 is 1.41 bits per heavy atom. The van der Waals surface area contributed by atoms with Crippen molar-refractivity contribution in [3.05, 3.63) is 11.6 Å². The summed E-state index contributed by atoms with van der Waals surface area (Å²) >= 11 is 0. The van der Waals surface area contributed by atoms with Crippen LogP contribution in [-0.2, 0) is 28.5 Å². The number of aliphatic hydroxyl groups excluding tert-OH is 8. The lowest BCUT2D eigenvalue weighted by Crippen LogP contribution is -2.65. The molecule has 58 heavy (non-hydrogen) atoms. The summed E-state index contributed by atoms with van der Waals surface area (Å²) in [6, 6.07) is 0. The van der Waals surface area contributed by atoms with E-state index in [4.69, 9.17) is 18.9 Å². The van der Waals surface area contributed by atoms with Crippen molar-refractivity contribution in [1.82, 2.24) is 0 Å². The van der Waals surface area contributed by atoms with E-state index in [1.165, 1.54) is 6.92 Å². The summed E-state index contributed by atoms with van der Waals surface area (Å²) in [5.41, 5.74) is -5.15. The molecule has 0 amide bonds. The van der Waals surface area contributed by atoms with E-state index in [-0.39, 0.29) is 36.9 Å². The molecular formula is C42H68O16. The van der Waals surface area contributed by atoms with Gasteiger partial charge < -0.3 is 70.0 Å². The van der Waals surface area contributed by atoms with Gasteiger partial charge in [0.05, 0.1) is 31.0 Å². The Labute approximate surface area is 340 Å². The average molecular weight is 829 g/mol. The van der Waals surface area contributed by atoms with E-state index in [9.17, 15) is 60.7 Å². The van der Waals surface area contributed by atoms with Crippen molar-refractivity contribution in [3.8, 4) is 0 Å². The van der Waals surface area contributed by atoms with Gasteiger partial charge in [-0.05, 0) is 75.5 Å². The van der Waals surface area contributed by atoms with Gasteiger partial charge in [0.2, 0.25) is 0 Å². The van der Waals surface area contributed by atoms with E-state index < -0.39 is 131 Å². The Balaban J connectivity index is 1.20. The zero-order valence-corrected chi connectivity index (χ0v) is 35.0. The van der Waals surface area contributed by atoms with E-state index in [1.807, 2.05) is 27.7 Å². The predicted octanol–water partition coefficient (Wildman–Crippen LogP) is -0.378. The zero-order valence-electron chi connectivity index (χ0n) is 35.0. The van der Waals surface area contributed by atoms with Crippen LogP contribution in [0, 0.1) is 39.4 Å². The number of hydrogen-bond acceptors (Lipinski definition) is 16. The minimum atomic E-state index is -1.93. The molecule has 0 unspecified atom stereocenters. The van der Waals surface area contributed by atoms with Gasteiger partial charge in [0, 0.05) is 29.6 Å². The Hall–Kier alpha value is -1.48. The highest BCUT2D eigenvalue weighted by Crippen LogP contribution is 2.74. The lowest BCUT2D eigenvalue weighted by atomic mass is 9.38. The number of allylic oxidation sites excluding steroid dienone is 1. The number of hydrogen-bond donors (Lipinski definition) is 10. The lowest BCUT2D eigenvalue weighted by Gasteiger charge is -2.65. The first-order valence-corrected chi connectivity index (χ1v) is 20.9. The first-order chi connectivity index (χ1) is 26.7. The molecule has 6 rings (SSSR count). The van der Waals surface area contributed by atoms with E-state index in [0.29, 0.717) is 25.7 Å². The third-order valence-electron chi connectivity index (χ3n) is 15.9. The Morgan fingerprint density at radius 1 is 0.828 bits per heavy atom. The van der Waals surface area contributed by atoms with Crippen molar-refractivity contribution in [2.24, 2.45) is 39.4 Å². The van der Waals surface area contributed by atoms with Crippen LogP contribution in [0.25, 0.3) is 0 Å². The second-order valence-electron chi connectivity index (χ2n) is 20.3. The van der Waals surface area contributed by atoms with Gasteiger partial charge in [0.1, 0.15) is 60.2 Å². The van der Waals surface area contributed by atoms with Crippen molar-refractivity contribution in [2.75, 3.05) is 13.2 Å². The Bertz CT molecular complexity index is 1570. The van der Waals surface area contributed by atoms with E-state index in [1.54, 1.807) is 13.8 Å². The Kier molecular flexibility index (Phi) is 12.5. The highest BCUT2D eigenvalue weighted by molar-refractivity contribution is 5.90. The van der Waals surface area contributed by atoms with Gasteiger partial charge in [-0.3, -0.25) is 9.59 Å². The van der Waals surface area contributed by atoms with Gasteiger partial charge in [0.25, 0.3) is 0 Å². The summed E-state index contributed by atoms with van der Waals surface area (Å²) in [7, 11) is 0. The fraction of sp³-hybridized carbons (Fsp3) is 0.905. The number of rotatable bonds is 11. The Morgan fingerprint density at radius 3 is 2.02 bits per heavy atom. The molecule has 0 aromatic carbocycles. The highest BCUT2D eigenvalue weighted by atomic mass is 16.7. The molecule has 332 valence electrons. The molecule has 0 aromatic heterocycles. The predicted molar refractivity (Wildman–Crippen MR) is 203 cm³/mol. The van der Waals surface area contributed by atoms with E-state index in [0.717, 1.165) is 5.57 Å². The third kappa shape index (κ3) is 7.27. The largest absolute Gasteiger partial charge is 0.394 e. The number of carbonyl (C=O) groups excluding carboxylic acids is 2. The van der Waals surface area contributed by atoms with Crippen LogP contribution in [0.15, 0.2) is 11.6 Å². The average Bonchev–Trinajstić information content (AvgIpc) is 3.34. The van der Waals surface area contributed by atoms with E-state index in [2.05, 4.69) is 13.0 Å². The molecule has 4 aliphatic carbocycles. The first-order valence-electron chi connectivity index (χ1n) is 20.9. The molecule has 2 saturated heterocycles. The van der Waals surface area contributed by atoms with Gasteiger partial charge in [-0.15, -0.1) is 0 Å². The minimum absolute atomic E-state index is 0.00692. The highest BCUT2D eigenvalue weighted by Gasteiger charge is 2.74. The summed E-state index contributed by atoms with van der Waals surface area (Å²) < 4.78 is 23.4. The number of fused-ring (bicyclic) bond motifs is 5. The summed E-state index contributed by atoms with van der Waals surface area (Å²) in [5, 5.41) is 107. The quantitative estimate of drug-likeness (QED) is 0.119. The number of ether oxygens (including phenoxy) is 4. The van der Waals surface area contributed by atoms with Crippen LogP contribution >= 0.6 is 0 Å². The van der Waals surface area contributed by atoms with Gasteiger partial charge in [-0.25, -0.2) is 0 Å². The second kappa shape index (κ2) is 15.7. The molecule has 10 N–H and O–H groups in total. The van der Waals surface area contributed by atoms with Crippen LogP contribution in [0.5, 0.6) is 0 Å². The number of Topliss-reactive ketones (excluding diaryl/α,β-unsaturated/α-hetero) is 2. The van der Waals surface area contributed by atoms with Crippen molar-refractivity contribution < 1.29 is 79.6 Å². The van der Waals surface area contributed by atoms with Crippen LogP contribution in [-0.4, -0.2) is 161 Å². The standard InChI is InChI=1S/C42H68O16/c1-37(2,53)14-13-25(45)42(8,54)34-21(44)15-39(5)24-11-9-19-20(41(24,7)26(46)16-40(34,39)6)10-12-27(38(19,3)4)58-36-33(52)31(50)29(48)23(57-36)18-55-35-32(51)30(49)28(47)22(17-43)56-35/h9,20-24,27-36,43-44,47-54H,10-18H2,1-8H3/t20-,21-,22-,23-,24+,27+,28-,29-,30+,31+,32-,33-,34+,35-,36+,39+,40-,41+,42+/m1/s1. The van der Waals surface area contributed by atoms with Crippen LogP contribution in [0.3, 0.4) is 0 Å². The molecule has 16 heteroatoms. The minimum Gasteiger partial charge on any atom is -0.394 e. The molecule has 0 radical (unpaired) electrons. The number of ketones is 2. The van der Waals surface area contributed by atoms with Crippen LogP contribution < -0.4 is 0 Å². The molecule has 19 atom stereocenters. The van der Waals surface area contributed by atoms with Crippen LogP contribution in [0.1, 0.15) is 100 Å². The SMILES string of the molecule is CC(C)(O)CCC(=O)[C@](C)(O)[C@H]1[C@H](O)C[C@@]2(C)[C@@H]3CC=C4[C@@H](CC[C@H](O[C@@H]5O[C@H](CO[C@@H]6O[C@H](CO)[C@@H](O)[C@H](O)[C@H]6O)[C@@H](O)[C@H](O)[C@H]5O)C4(C)C)[C@]3(C)C(=O)C[C@]12C. The molecular weight excluding hydrogens is 760 g/mol. The molecule has 0 spiro atoms. The van der Waals surface area contributed by atoms with Crippen molar-refractivity contribution >= 4 is 11.6 Å². The summed E-state index contributed by atoms with van der Waals surface area (Å²) in [6.07, 6.45) is -13.1. The van der Waals surface area contributed by atoms with Gasteiger partial charge in [-0.2, -0.15) is 0 Å². The normalized spacial score (nSPS) is 49.0. The summed E-state index contributed by atoms with van der Waals surface area (Å²) in [6.45, 7) is 13.5. The zero-order chi connectivity index (χ0) is 43.3. The molecule has 2 heterocycles. The maximum Gasteiger partial charge on any atom is 0.187 e. The number of carbonyl (C=O) groups is 2. The number of aliphatic hydroxyl groups is 10. The maximum absolute atomic E-state index is 14.8. The van der Waals surface area contributed by atoms with Crippen molar-refractivity contribution in [2.45, 2.75) is 185 Å². The molecule has 16 nitrogen and oxygen atoms in total. The molecule has 0 bridgehead atoms. The topological polar surface area (TPSA) is 273 Å². The van der Waals surface area contributed by atoms with Crippen molar-refractivity contribution in [1.29, 1.82) is 0 Å². The lowest BCUT2D eigenvalue weighted by molar-refractivity contribution is -0.340. The van der Waals surface area contributed by atoms with E-state index >= 15 is 0 Å². The molecule has 0 aromatic rings. The summed E-state index contributed by atoms with van der Waals surface area (Å²) in [4.78, 5) is 28.4. The molecule has 2 aliphatic heterocycles. The van der Waals surface area contributed by atoms with Crippen molar-refractivity contribution in [3.63, 3.8) is 0 Å². The second-order valence-corrected chi connectivity index (χ2v) is 20.3. The fourth-order valence-electron chi connectivity index (χ4n) is 12.3. The van der Waals surface area contributed by atoms with Crippen LogP contribution in [0.2, 0.25) is 0 Å². The van der Waals surface area contributed by atoms with Gasteiger partial charge in [-0.1, -0.05) is 46.3 Å². The van der Waals surface area contributed by atoms with Gasteiger partial charge in [0.15, 0.2) is 18.4 Å². The molecule has 5 fully saturated rings. The molecule has 3 saturated carbocycles. The fourth-order valence-corrected chi connectivity index (χ4v) is 12.3. The molecule has 6 aliphatic rings. The first kappa shape index (κ1) is 46.0.